The molecule has 1 rings (SSSR count). The van der Waals surface area contributed by atoms with E-state index in [9.17, 15) is 21.6 Å². The van der Waals surface area contributed by atoms with Crippen molar-refractivity contribution in [1.82, 2.24) is 4.31 Å². The van der Waals surface area contributed by atoms with Gasteiger partial charge in [-0.05, 0) is 18.2 Å². The Balaban J connectivity index is 3.39. The Morgan fingerprint density at radius 3 is 2.30 bits per heavy atom. The van der Waals surface area contributed by atoms with Crippen LogP contribution in [0.15, 0.2) is 28.0 Å². The summed E-state index contributed by atoms with van der Waals surface area (Å²) in [6.07, 6.45) is 0.960. The van der Waals surface area contributed by atoms with Gasteiger partial charge in [0.15, 0.2) is 9.84 Å². The zero-order valence-corrected chi connectivity index (χ0v) is 14.8. The van der Waals surface area contributed by atoms with Crippen LogP contribution in [-0.2, 0) is 24.7 Å². The molecule has 0 radical (unpaired) electrons. The third-order valence-corrected chi connectivity index (χ3v) is 6.16. The van der Waals surface area contributed by atoms with Crippen LogP contribution < -0.4 is 4.74 Å². The van der Waals surface area contributed by atoms with Crippen molar-refractivity contribution in [3.63, 3.8) is 0 Å². The number of nitrogens with zero attached hydrogens (tertiary/aromatic N) is 1. The fourth-order valence-electron chi connectivity index (χ4n) is 1.82. The highest BCUT2D eigenvalue weighted by Gasteiger charge is 2.29. The van der Waals surface area contributed by atoms with Crippen molar-refractivity contribution in [2.24, 2.45) is 5.92 Å². The largest absolute Gasteiger partial charge is 0.495 e. The van der Waals surface area contributed by atoms with Crippen molar-refractivity contribution in [1.29, 1.82) is 0 Å². The molecule has 0 spiro atoms. The number of rotatable bonds is 7. The van der Waals surface area contributed by atoms with Crippen LogP contribution >= 0.6 is 0 Å². The van der Waals surface area contributed by atoms with Gasteiger partial charge in [-0.1, -0.05) is 6.92 Å². The Bertz CT molecular complexity index is 800. The first-order valence-electron chi connectivity index (χ1n) is 6.48. The fraction of sp³-hybridized carbons (Fsp3) is 0.462. The third kappa shape index (κ3) is 4.43. The van der Waals surface area contributed by atoms with Gasteiger partial charge in [-0.25, -0.2) is 16.8 Å². The van der Waals surface area contributed by atoms with Gasteiger partial charge in [0.2, 0.25) is 10.0 Å². The summed E-state index contributed by atoms with van der Waals surface area (Å²) in [5, 5.41) is 8.89. The van der Waals surface area contributed by atoms with Crippen LogP contribution in [0.5, 0.6) is 5.75 Å². The number of ether oxygens (including phenoxy) is 1. The summed E-state index contributed by atoms with van der Waals surface area (Å²) < 4.78 is 54.3. The highest BCUT2D eigenvalue weighted by atomic mass is 32.2. The van der Waals surface area contributed by atoms with Crippen molar-refractivity contribution in [3.05, 3.63) is 18.2 Å². The molecule has 0 fully saturated rings. The smallest absolute Gasteiger partial charge is 0.307 e. The molecule has 1 aromatic rings. The summed E-state index contributed by atoms with van der Waals surface area (Å²) in [5.41, 5.74) is 0. The first kappa shape index (κ1) is 19.4. The van der Waals surface area contributed by atoms with E-state index >= 15 is 0 Å². The molecule has 0 heterocycles. The van der Waals surface area contributed by atoms with E-state index in [1.54, 1.807) is 0 Å². The molecule has 23 heavy (non-hydrogen) atoms. The van der Waals surface area contributed by atoms with Crippen LogP contribution in [0.4, 0.5) is 0 Å². The van der Waals surface area contributed by atoms with E-state index < -0.39 is 31.7 Å². The number of benzene rings is 1. The lowest BCUT2D eigenvalue weighted by atomic mass is 10.2. The van der Waals surface area contributed by atoms with Gasteiger partial charge in [-0.2, -0.15) is 4.31 Å². The van der Waals surface area contributed by atoms with Gasteiger partial charge in [-0.15, -0.1) is 0 Å². The minimum Gasteiger partial charge on any atom is -0.495 e. The van der Waals surface area contributed by atoms with Gasteiger partial charge in [0, 0.05) is 19.8 Å². The van der Waals surface area contributed by atoms with Crippen LogP contribution in [0.1, 0.15) is 6.92 Å². The minimum absolute atomic E-state index is 0.0211. The maximum absolute atomic E-state index is 12.6. The van der Waals surface area contributed by atoms with Crippen LogP contribution in [0, 0.1) is 5.92 Å². The van der Waals surface area contributed by atoms with E-state index in [2.05, 4.69) is 0 Å². The number of carboxylic acids is 1. The van der Waals surface area contributed by atoms with Crippen LogP contribution in [-0.4, -0.2) is 59.2 Å². The van der Waals surface area contributed by atoms with E-state index in [4.69, 9.17) is 9.84 Å². The van der Waals surface area contributed by atoms with Crippen molar-refractivity contribution in [2.45, 2.75) is 16.7 Å². The summed E-state index contributed by atoms with van der Waals surface area (Å²) in [6.45, 7) is 1.11. The van der Waals surface area contributed by atoms with Gasteiger partial charge in [0.1, 0.15) is 10.6 Å². The maximum atomic E-state index is 12.6. The SMILES string of the molecule is COc1ccc(S(C)(=O)=O)cc1S(=O)(=O)N(C)CC(C)C(=O)O. The average Bonchev–Trinajstić information content (AvgIpc) is 2.45. The van der Waals surface area contributed by atoms with Crippen molar-refractivity contribution in [2.75, 3.05) is 27.0 Å². The summed E-state index contributed by atoms with van der Waals surface area (Å²) in [5.74, 6) is -2.07. The number of sulfonamides is 1. The lowest BCUT2D eigenvalue weighted by molar-refractivity contribution is -0.141. The molecule has 1 N–H and O–H groups in total. The molecule has 10 heteroatoms. The van der Waals surface area contributed by atoms with Crippen molar-refractivity contribution < 1.29 is 31.5 Å². The van der Waals surface area contributed by atoms with Crippen LogP contribution in [0.25, 0.3) is 0 Å². The second-order valence-electron chi connectivity index (χ2n) is 5.11. The maximum Gasteiger partial charge on any atom is 0.307 e. The zero-order chi connectivity index (χ0) is 18.0. The molecule has 1 unspecified atom stereocenters. The molecule has 0 aromatic heterocycles. The zero-order valence-electron chi connectivity index (χ0n) is 13.2. The van der Waals surface area contributed by atoms with Crippen LogP contribution in [0.2, 0.25) is 0 Å². The number of sulfone groups is 1. The molecule has 1 aromatic carbocycles. The van der Waals surface area contributed by atoms with E-state index in [1.165, 1.54) is 33.2 Å². The topological polar surface area (TPSA) is 118 Å². The molecular weight excluding hydrogens is 346 g/mol. The van der Waals surface area contributed by atoms with Gasteiger partial charge in [0.05, 0.1) is 17.9 Å². The standard InChI is InChI=1S/C13H19NO7S2/c1-9(13(15)16)8-14(2)23(19,20)12-7-10(22(4,17)18)5-6-11(12)21-3/h5-7,9H,8H2,1-4H3,(H,15,16). The highest BCUT2D eigenvalue weighted by molar-refractivity contribution is 7.91. The summed E-state index contributed by atoms with van der Waals surface area (Å²) in [7, 11) is -5.24. The van der Waals surface area contributed by atoms with E-state index in [-0.39, 0.29) is 22.1 Å². The number of hydrogen-bond donors (Lipinski definition) is 1. The van der Waals surface area contributed by atoms with E-state index in [0.717, 1.165) is 16.6 Å². The molecular formula is C13H19NO7S2. The second-order valence-corrected chi connectivity index (χ2v) is 9.14. The first-order chi connectivity index (χ1) is 10.4. The first-order valence-corrected chi connectivity index (χ1v) is 9.81. The predicted molar refractivity (Wildman–Crippen MR) is 82.7 cm³/mol. The summed E-state index contributed by atoms with van der Waals surface area (Å²) in [4.78, 5) is 10.4. The Hall–Kier alpha value is -1.65. The Morgan fingerprint density at radius 2 is 1.87 bits per heavy atom. The summed E-state index contributed by atoms with van der Waals surface area (Å²) in [6, 6.07) is 3.50. The normalized spacial score (nSPS) is 13.8. The lowest BCUT2D eigenvalue weighted by Gasteiger charge is -2.21. The number of aliphatic carboxylic acids is 1. The highest BCUT2D eigenvalue weighted by Crippen LogP contribution is 2.29. The minimum atomic E-state index is -4.11. The van der Waals surface area contributed by atoms with Gasteiger partial charge < -0.3 is 9.84 Å². The van der Waals surface area contributed by atoms with Crippen LogP contribution in [0.3, 0.4) is 0 Å². The summed E-state index contributed by atoms with van der Waals surface area (Å²) >= 11 is 0. The Kier molecular flexibility index (Phi) is 5.78. The molecule has 0 aliphatic carbocycles. The molecule has 1 atom stereocenters. The van der Waals surface area contributed by atoms with Gasteiger partial charge in [-0.3, -0.25) is 4.79 Å². The number of hydrogen-bond acceptors (Lipinski definition) is 6. The molecule has 0 bridgehead atoms. The van der Waals surface area contributed by atoms with Gasteiger partial charge >= 0.3 is 5.97 Å². The molecule has 0 saturated heterocycles. The molecule has 0 saturated carbocycles. The fourth-order valence-corrected chi connectivity index (χ4v) is 3.98. The van der Waals surface area contributed by atoms with E-state index in [1.807, 2.05) is 0 Å². The van der Waals surface area contributed by atoms with Crippen molar-refractivity contribution in [3.8, 4) is 5.75 Å². The Morgan fingerprint density at radius 1 is 1.30 bits per heavy atom. The lowest BCUT2D eigenvalue weighted by Crippen LogP contribution is -2.34. The molecule has 0 amide bonds. The number of carbonyl (C=O) groups is 1. The van der Waals surface area contributed by atoms with Gasteiger partial charge in [0.25, 0.3) is 0 Å². The van der Waals surface area contributed by atoms with E-state index in [0.29, 0.717) is 0 Å². The van der Waals surface area contributed by atoms with Crippen molar-refractivity contribution >= 4 is 25.8 Å². The quantitative estimate of drug-likeness (QED) is 0.745. The molecule has 8 nitrogen and oxygen atoms in total. The molecule has 0 aliphatic rings. The monoisotopic (exact) mass is 365 g/mol. The third-order valence-electron chi connectivity index (χ3n) is 3.20. The predicted octanol–water partition coefficient (Wildman–Crippen LogP) is 0.440. The average molecular weight is 365 g/mol. The number of methoxy groups -OCH3 is 1. The Labute approximate surface area is 135 Å². The molecule has 130 valence electrons. The second kappa shape index (κ2) is 6.85. The number of carboxylic acid groups (broad SMARTS) is 1. The molecule has 0 aliphatic heterocycles.